The van der Waals surface area contributed by atoms with Crippen LogP contribution in [0.4, 0.5) is 5.82 Å². The lowest BCUT2D eigenvalue weighted by Gasteiger charge is -2.23. The van der Waals surface area contributed by atoms with Crippen LogP contribution < -0.4 is 20.6 Å². The molecule has 0 spiro atoms. The maximum atomic E-state index is 13.7. The highest BCUT2D eigenvalue weighted by Crippen LogP contribution is 2.35. The van der Waals surface area contributed by atoms with Gasteiger partial charge in [-0.1, -0.05) is 54.1 Å². The van der Waals surface area contributed by atoms with Gasteiger partial charge in [-0.25, -0.2) is 4.98 Å². The molecule has 1 fully saturated rings. The van der Waals surface area contributed by atoms with E-state index in [1.807, 2.05) is 71.4 Å². The highest BCUT2D eigenvalue weighted by Gasteiger charge is 2.20. The molecule has 0 radical (unpaired) electrons. The van der Waals surface area contributed by atoms with Crippen LogP contribution >= 0.6 is 11.6 Å². The molecule has 3 aromatic carbocycles. The summed E-state index contributed by atoms with van der Waals surface area (Å²) >= 11 is 6.12. The summed E-state index contributed by atoms with van der Waals surface area (Å²) in [6.07, 6.45) is 7.24. The lowest BCUT2D eigenvalue weighted by molar-refractivity contribution is 0.0612. The second-order valence-electron chi connectivity index (χ2n) is 11.7. The normalized spacial score (nSPS) is 13.3. The van der Waals surface area contributed by atoms with Crippen molar-refractivity contribution in [2.24, 2.45) is 5.92 Å². The van der Waals surface area contributed by atoms with E-state index in [9.17, 15) is 9.59 Å². The number of nitrogens with zero attached hydrogens (tertiary/aromatic N) is 2. The van der Waals surface area contributed by atoms with Gasteiger partial charge in [0.05, 0.1) is 19.8 Å². The number of benzene rings is 3. The molecule has 5 aromatic rings. The Hall–Kier alpha value is -4.92. The lowest BCUT2D eigenvalue weighted by atomic mass is 9.96. The molecule has 9 heteroatoms. The molecule has 8 nitrogen and oxygen atoms in total. The molecule has 0 saturated carbocycles. The van der Waals surface area contributed by atoms with Gasteiger partial charge in [0, 0.05) is 66.5 Å². The van der Waals surface area contributed by atoms with Crippen LogP contribution in [0, 0.1) is 5.92 Å². The summed E-state index contributed by atoms with van der Waals surface area (Å²) in [7, 11) is 3.19. The van der Waals surface area contributed by atoms with Crippen LogP contribution in [0.1, 0.15) is 28.8 Å². The van der Waals surface area contributed by atoms with Gasteiger partial charge in [0.1, 0.15) is 5.82 Å². The maximum Gasteiger partial charge on any atom is 0.200 e. The topological polar surface area (TPSA) is 106 Å². The average Bonchev–Trinajstić information content (AvgIpc) is 3.10. The number of methoxy groups -OCH3 is 2. The predicted octanol–water partition coefficient (Wildman–Crippen LogP) is 7.35. The largest absolute Gasteiger partial charge is 0.493 e. The van der Waals surface area contributed by atoms with Crippen molar-refractivity contribution in [3.63, 3.8) is 0 Å². The quantitative estimate of drug-likeness (QED) is 0.158. The minimum absolute atomic E-state index is 0.0796. The molecule has 0 aliphatic carbocycles. The Labute approximate surface area is 278 Å². The lowest BCUT2D eigenvalue weighted by Crippen LogP contribution is -2.25. The van der Waals surface area contributed by atoms with Crippen molar-refractivity contribution in [3.8, 4) is 44.9 Å². The molecule has 0 bridgehead atoms. The highest BCUT2D eigenvalue weighted by atomic mass is 35.5. The molecule has 3 heterocycles. The molecule has 2 N–H and O–H groups in total. The number of carbonyl (C=O) groups is 1. The van der Waals surface area contributed by atoms with Gasteiger partial charge in [-0.2, -0.15) is 0 Å². The monoisotopic (exact) mass is 649 g/mol. The summed E-state index contributed by atoms with van der Waals surface area (Å²) in [5.74, 6) is 1.82. The molecule has 0 amide bonds. The Bertz CT molecular complexity index is 1950. The number of ketones is 1. The number of pyridine rings is 2. The zero-order valence-corrected chi connectivity index (χ0v) is 27.1. The summed E-state index contributed by atoms with van der Waals surface area (Å²) in [6, 6.07) is 22.4. The first-order chi connectivity index (χ1) is 22.8. The molecular formula is C38H36ClN3O5. The number of anilines is 1. The van der Waals surface area contributed by atoms with Crippen molar-refractivity contribution in [1.29, 1.82) is 0 Å². The summed E-state index contributed by atoms with van der Waals surface area (Å²) in [4.78, 5) is 31.9. The average molecular weight is 650 g/mol. The molecule has 2 aromatic heterocycles. The number of Topliss-reactive ketones (excluding diaryl/α,β-unsaturated/α-hetero) is 1. The first-order valence-corrected chi connectivity index (χ1v) is 15.9. The van der Waals surface area contributed by atoms with E-state index in [1.54, 1.807) is 38.7 Å². The van der Waals surface area contributed by atoms with Gasteiger partial charge >= 0.3 is 0 Å². The third-order valence-corrected chi connectivity index (χ3v) is 8.86. The summed E-state index contributed by atoms with van der Waals surface area (Å²) in [5, 5.41) is 0.581. The van der Waals surface area contributed by atoms with Crippen LogP contribution in [-0.2, 0) is 17.7 Å². The zero-order chi connectivity index (χ0) is 32.9. The third kappa shape index (κ3) is 7.24. The van der Waals surface area contributed by atoms with Gasteiger partial charge in [0.2, 0.25) is 0 Å². The van der Waals surface area contributed by atoms with E-state index >= 15 is 0 Å². The van der Waals surface area contributed by atoms with Crippen molar-refractivity contribution in [3.05, 3.63) is 118 Å². The number of nitrogen functional groups attached to an aromatic ring is 1. The Kier molecular flexibility index (Phi) is 9.71. The molecule has 47 heavy (non-hydrogen) atoms. The minimum atomic E-state index is -0.289. The van der Waals surface area contributed by atoms with Gasteiger partial charge in [-0.15, -0.1) is 0 Å². The summed E-state index contributed by atoms with van der Waals surface area (Å²) < 4.78 is 18.3. The number of aromatic nitrogens is 2. The van der Waals surface area contributed by atoms with E-state index in [-0.39, 0.29) is 23.2 Å². The van der Waals surface area contributed by atoms with E-state index in [2.05, 4.69) is 4.98 Å². The second-order valence-corrected chi connectivity index (χ2v) is 12.1. The van der Waals surface area contributed by atoms with Crippen LogP contribution in [0.3, 0.4) is 0 Å². The number of carbonyl (C=O) groups excluding carboxylic acids is 1. The van der Waals surface area contributed by atoms with Crippen molar-refractivity contribution >= 4 is 23.2 Å². The predicted molar refractivity (Wildman–Crippen MR) is 185 cm³/mol. The molecule has 1 saturated heterocycles. The van der Waals surface area contributed by atoms with Crippen LogP contribution in [-0.4, -0.2) is 42.8 Å². The summed E-state index contributed by atoms with van der Waals surface area (Å²) in [5.41, 5.74) is 11.6. The third-order valence-electron chi connectivity index (χ3n) is 8.61. The van der Waals surface area contributed by atoms with Crippen molar-refractivity contribution in [1.82, 2.24) is 9.55 Å². The summed E-state index contributed by atoms with van der Waals surface area (Å²) in [6.45, 7) is 2.15. The van der Waals surface area contributed by atoms with E-state index in [0.29, 0.717) is 40.4 Å². The standard InChI is InChI=1S/C38H36ClN3O5/c1-45-35-12-9-28(19-36(35)46-2)29-18-31(38(40)41-20-29)26-5-3-24(4-6-26)17-34(43)33-23-42(21-25-13-15-47-16-14-25)22-32(37(33)44)27-7-10-30(39)11-8-27/h3-12,18-20,22-23,25H,13-17,21H2,1-2H3,(H2,40,41). The SMILES string of the molecule is COc1ccc(-c2cnc(N)c(-c3ccc(CC(=O)c4cn(CC5CCOCC5)cc(-c5ccc(Cl)cc5)c4=O)cc3)c2)cc1OC. The Balaban J connectivity index is 1.26. The highest BCUT2D eigenvalue weighted by molar-refractivity contribution is 6.30. The van der Waals surface area contributed by atoms with Gasteiger partial charge < -0.3 is 24.5 Å². The Morgan fingerprint density at radius 3 is 2.23 bits per heavy atom. The number of hydrogen-bond acceptors (Lipinski definition) is 7. The first-order valence-electron chi connectivity index (χ1n) is 15.5. The number of rotatable bonds is 10. The van der Waals surface area contributed by atoms with Crippen LogP contribution in [0.5, 0.6) is 11.5 Å². The molecule has 6 rings (SSSR count). The number of nitrogens with two attached hydrogens (primary N) is 1. The van der Waals surface area contributed by atoms with Gasteiger partial charge in [-0.3, -0.25) is 9.59 Å². The maximum absolute atomic E-state index is 13.7. The van der Waals surface area contributed by atoms with Crippen molar-refractivity contribution in [2.45, 2.75) is 25.8 Å². The second kappa shape index (κ2) is 14.2. The Morgan fingerprint density at radius 2 is 1.53 bits per heavy atom. The zero-order valence-electron chi connectivity index (χ0n) is 26.4. The van der Waals surface area contributed by atoms with Crippen LogP contribution in [0.15, 0.2) is 96.2 Å². The van der Waals surface area contributed by atoms with E-state index in [0.717, 1.165) is 59.4 Å². The van der Waals surface area contributed by atoms with E-state index < -0.39 is 0 Å². The van der Waals surface area contributed by atoms with Crippen molar-refractivity contribution < 1.29 is 19.0 Å². The Morgan fingerprint density at radius 1 is 0.872 bits per heavy atom. The number of hydrogen-bond donors (Lipinski definition) is 1. The number of halogens is 1. The molecular weight excluding hydrogens is 614 g/mol. The van der Waals surface area contributed by atoms with Gasteiger partial charge in [0.15, 0.2) is 22.7 Å². The first kappa shape index (κ1) is 32.0. The van der Waals surface area contributed by atoms with E-state index in [1.165, 1.54) is 0 Å². The van der Waals surface area contributed by atoms with Crippen LogP contribution in [0.25, 0.3) is 33.4 Å². The smallest absolute Gasteiger partial charge is 0.200 e. The van der Waals surface area contributed by atoms with Gasteiger partial charge in [-0.05, 0) is 71.3 Å². The van der Waals surface area contributed by atoms with E-state index in [4.69, 9.17) is 31.5 Å². The molecule has 0 atom stereocenters. The molecule has 0 unspecified atom stereocenters. The fourth-order valence-electron chi connectivity index (χ4n) is 5.96. The fraction of sp³-hybridized carbons (Fsp3) is 0.237. The van der Waals surface area contributed by atoms with Gasteiger partial charge in [0.25, 0.3) is 0 Å². The number of ether oxygens (including phenoxy) is 3. The molecule has 1 aliphatic heterocycles. The fourth-order valence-corrected chi connectivity index (χ4v) is 6.09. The molecule has 1 aliphatic rings. The van der Waals surface area contributed by atoms with Crippen molar-refractivity contribution in [2.75, 3.05) is 33.2 Å². The molecule has 240 valence electrons. The van der Waals surface area contributed by atoms with Crippen LogP contribution in [0.2, 0.25) is 5.02 Å². The minimum Gasteiger partial charge on any atom is -0.493 e.